The fourth-order valence-corrected chi connectivity index (χ4v) is 2.25. The lowest BCUT2D eigenvalue weighted by Gasteiger charge is -2.09. The summed E-state index contributed by atoms with van der Waals surface area (Å²) in [6.07, 6.45) is 2.89. The number of hydrogen-bond donors (Lipinski definition) is 0. The van der Waals surface area contributed by atoms with E-state index in [-0.39, 0.29) is 5.78 Å². The van der Waals surface area contributed by atoms with Gasteiger partial charge in [0.05, 0.1) is 13.2 Å². The van der Waals surface area contributed by atoms with E-state index in [1.54, 1.807) is 7.11 Å². The zero-order valence-corrected chi connectivity index (χ0v) is 12.0. The van der Waals surface area contributed by atoms with Crippen LogP contribution >= 0.6 is 0 Å². The molecule has 0 N–H and O–H groups in total. The van der Waals surface area contributed by atoms with E-state index < -0.39 is 0 Å². The van der Waals surface area contributed by atoms with Crippen molar-refractivity contribution < 1.29 is 14.3 Å². The van der Waals surface area contributed by atoms with Crippen molar-refractivity contribution in [2.75, 3.05) is 7.11 Å². The molecule has 1 fully saturated rings. The van der Waals surface area contributed by atoms with Gasteiger partial charge < -0.3 is 9.47 Å². The Morgan fingerprint density at radius 2 is 1.95 bits per heavy atom. The molecule has 1 saturated carbocycles. The zero-order valence-electron chi connectivity index (χ0n) is 12.0. The Hall–Kier alpha value is -2.29. The second-order valence-electron chi connectivity index (χ2n) is 5.26. The topological polar surface area (TPSA) is 35.5 Å². The van der Waals surface area contributed by atoms with Crippen LogP contribution in [-0.2, 0) is 6.42 Å². The van der Waals surface area contributed by atoms with Crippen LogP contribution in [0.1, 0.15) is 28.8 Å². The van der Waals surface area contributed by atoms with Gasteiger partial charge in [0.1, 0.15) is 11.5 Å². The fraction of sp³-hybridized carbons (Fsp3) is 0.278. The summed E-state index contributed by atoms with van der Waals surface area (Å²) >= 11 is 0. The number of carbonyl (C=O) groups excluding carboxylic acids is 1. The third kappa shape index (κ3) is 3.43. The summed E-state index contributed by atoms with van der Waals surface area (Å²) in [6, 6.07) is 15.0. The van der Waals surface area contributed by atoms with Crippen molar-refractivity contribution in [3.8, 4) is 11.5 Å². The lowest BCUT2D eigenvalue weighted by molar-refractivity contribution is 0.0991. The van der Waals surface area contributed by atoms with E-state index >= 15 is 0 Å². The van der Waals surface area contributed by atoms with Gasteiger partial charge in [-0.05, 0) is 31.0 Å². The third-order valence-corrected chi connectivity index (χ3v) is 3.53. The summed E-state index contributed by atoms with van der Waals surface area (Å²) < 4.78 is 11.0. The van der Waals surface area contributed by atoms with Gasteiger partial charge in [-0.1, -0.05) is 30.3 Å². The molecule has 3 rings (SSSR count). The Balaban J connectivity index is 1.75. The van der Waals surface area contributed by atoms with Gasteiger partial charge in [-0.25, -0.2) is 0 Å². The van der Waals surface area contributed by atoms with Gasteiger partial charge in [0.25, 0.3) is 0 Å². The highest BCUT2D eigenvalue weighted by atomic mass is 16.5. The molecule has 1 aliphatic carbocycles. The number of para-hydroxylation sites is 1. The molecule has 0 atom stereocenters. The molecule has 0 bridgehead atoms. The number of rotatable bonds is 6. The molecule has 0 saturated heterocycles. The molecule has 108 valence electrons. The molecule has 3 heteroatoms. The molecular weight excluding hydrogens is 264 g/mol. The van der Waals surface area contributed by atoms with Crippen LogP contribution in [0.25, 0.3) is 0 Å². The number of hydrogen-bond acceptors (Lipinski definition) is 3. The summed E-state index contributed by atoms with van der Waals surface area (Å²) in [5.74, 6) is 1.60. The molecule has 0 heterocycles. The molecule has 0 aliphatic heterocycles. The molecular formula is C18H18O3. The van der Waals surface area contributed by atoms with E-state index in [4.69, 9.17) is 9.47 Å². The van der Waals surface area contributed by atoms with Crippen LogP contribution in [0, 0.1) is 0 Å². The fourth-order valence-electron chi connectivity index (χ4n) is 2.25. The minimum absolute atomic E-state index is 0.0701. The maximum Gasteiger partial charge on any atom is 0.167 e. The third-order valence-electron chi connectivity index (χ3n) is 3.53. The van der Waals surface area contributed by atoms with Crippen molar-refractivity contribution in [1.82, 2.24) is 0 Å². The summed E-state index contributed by atoms with van der Waals surface area (Å²) in [4.78, 5) is 12.4. The van der Waals surface area contributed by atoms with E-state index in [9.17, 15) is 4.79 Å². The molecule has 2 aromatic carbocycles. The summed E-state index contributed by atoms with van der Waals surface area (Å²) in [6.45, 7) is 0. The van der Waals surface area contributed by atoms with Gasteiger partial charge in [-0.15, -0.1) is 0 Å². The molecule has 3 nitrogen and oxygen atoms in total. The van der Waals surface area contributed by atoms with E-state index in [1.165, 1.54) is 0 Å². The van der Waals surface area contributed by atoms with Crippen LogP contribution in [0.3, 0.4) is 0 Å². The summed E-state index contributed by atoms with van der Waals surface area (Å²) in [5, 5.41) is 0. The second kappa shape index (κ2) is 6.00. The number of Topliss-reactive ketones (excluding diaryl/α,β-unsaturated/α-hetero) is 1. The maximum absolute atomic E-state index is 12.4. The predicted octanol–water partition coefficient (Wildman–Crippen LogP) is 3.66. The van der Waals surface area contributed by atoms with Crippen molar-refractivity contribution in [2.45, 2.75) is 25.4 Å². The first-order chi connectivity index (χ1) is 10.3. The standard InChI is InChI=1S/C18H18O3/c1-20-18-8-3-2-5-14(18)12-17(19)13-6-4-7-16(11-13)21-15-9-10-15/h2-8,11,15H,9-10,12H2,1H3. The van der Waals surface area contributed by atoms with Crippen LogP contribution in [0.4, 0.5) is 0 Å². The van der Waals surface area contributed by atoms with Gasteiger partial charge in [-0.2, -0.15) is 0 Å². The van der Waals surface area contributed by atoms with Gasteiger partial charge in [0.2, 0.25) is 0 Å². The molecule has 0 unspecified atom stereocenters. The largest absolute Gasteiger partial charge is 0.496 e. The van der Waals surface area contributed by atoms with Gasteiger partial charge in [0, 0.05) is 17.5 Å². The number of carbonyl (C=O) groups is 1. The first-order valence-electron chi connectivity index (χ1n) is 7.18. The quantitative estimate of drug-likeness (QED) is 0.758. The average Bonchev–Trinajstić information content (AvgIpc) is 3.32. The highest BCUT2D eigenvalue weighted by molar-refractivity contribution is 5.98. The van der Waals surface area contributed by atoms with Gasteiger partial charge in [0.15, 0.2) is 5.78 Å². The van der Waals surface area contributed by atoms with Crippen LogP contribution < -0.4 is 9.47 Å². The molecule has 21 heavy (non-hydrogen) atoms. The molecule has 2 aromatic rings. The lowest BCUT2D eigenvalue weighted by atomic mass is 10.0. The molecule has 0 amide bonds. The molecule has 0 spiro atoms. The first kappa shape index (κ1) is 13.7. The highest BCUT2D eigenvalue weighted by Gasteiger charge is 2.23. The smallest absolute Gasteiger partial charge is 0.167 e. The van der Waals surface area contributed by atoms with Crippen LogP contribution in [0.15, 0.2) is 48.5 Å². The Labute approximate surface area is 124 Å². The minimum Gasteiger partial charge on any atom is -0.496 e. The number of ketones is 1. The SMILES string of the molecule is COc1ccccc1CC(=O)c1cccc(OC2CC2)c1. The Bertz CT molecular complexity index is 644. The Kier molecular flexibility index (Phi) is 3.91. The first-order valence-corrected chi connectivity index (χ1v) is 7.18. The maximum atomic E-state index is 12.4. The predicted molar refractivity (Wildman–Crippen MR) is 81.1 cm³/mol. The minimum atomic E-state index is 0.0701. The Morgan fingerprint density at radius 3 is 2.71 bits per heavy atom. The van der Waals surface area contributed by atoms with Crippen LogP contribution in [0.5, 0.6) is 11.5 Å². The van der Waals surface area contributed by atoms with Crippen molar-refractivity contribution >= 4 is 5.78 Å². The number of ether oxygens (including phenoxy) is 2. The van der Waals surface area contributed by atoms with Crippen molar-refractivity contribution in [2.24, 2.45) is 0 Å². The molecule has 1 aliphatic rings. The lowest BCUT2D eigenvalue weighted by Crippen LogP contribution is -2.05. The monoisotopic (exact) mass is 282 g/mol. The molecule has 0 radical (unpaired) electrons. The molecule has 0 aromatic heterocycles. The zero-order chi connectivity index (χ0) is 14.7. The van der Waals surface area contributed by atoms with E-state index in [0.29, 0.717) is 18.1 Å². The van der Waals surface area contributed by atoms with E-state index in [0.717, 1.165) is 29.9 Å². The van der Waals surface area contributed by atoms with Crippen molar-refractivity contribution in [3.63, 3.8) is 0 Å². The normalized spacial score (nSPS) is 13.8. The van der Waals surface area contributed by atoms with Gasteiger partial charge >= 0.3 is 0 Å². The van der Waals surface area contributed by atoms with Crippen molar-refractivity contribution in [1.29, 1.82) is 0 Å². The summed E-state index contributed by atoms with van der Waals surface area (Å²) in [7, 11) is 1.62. The van der Waals surface area contributed by atoms with Crippen LogP contribution in [-0.4, -0.2) is 19.0 Å². The number of methoxy groups -OCH3 is 1. The van der Waals surface area contributed by atoms with Crippen LogP contribution in [0.2, 0.25) is 0 Å². The second-order valence-corrected chi connectivity index (χ2v) is 5.26. The average molecular weight is 282 g/mol. The Morgan fingerprint density at radius 1 is 1.14 bits per heavy atom. The van der Waals surface area contributed by atoms with E-state index in [1.807, 2.05) is 48.5 Å². The van der Waals surface area contributed by atoms with Gasteiger partial charge in [-0.3, -0.25) is 4.79 Å². The van der Waals surface area contributed by atoms with Crippen molar-refractivity contribution in [3.05, 3.63) is 59.7 Å². The number of benzene rings is 2. The highest BCUT2D eigenvalue weighted by Crippen LogP contribution is 2.27. The summed E-state index contributed by atoms with van der Waals surface area (Å²) in [5.41, 5.74) is 1.58. The van der Waals surface area contributed by atoms with E-state index in [2.05, 4.69) is 0 Å².